The first-order valence-electron chi connectivity index (χ1n) is 6.29. The third-order valence-corrected chi connectivity index (χ3v) is 3.57. The first-order valence-corrected chi connectivity index (χ1v) is 6.29. The molecular formula is C16H15FO. The lowest BCUT2D eigenvalue weighted by atomic mass is 9.75. The van der Waals surface area contributed by atoms with Crippen LogP contribution in [0.5, 0.6) is 5.75 Å². The van der Waals surface area contributed by atoms with E-state index in [9.17, 15) is 4.39 Å². The van der Waals surface area contributed by atoms with Crippen molar-refractivity contribution in [2.75, 3.05) is 0 Å². The van der Waals surface area contributed by atoms with Crippen molar-refractivity contribution in [3.05, 3.63) is 66.0 Å². The van der Waals surface area contributed by atoms with Crippen molar-refractivity contribution in [2.24, 2.45) is 0 Å². The second-order valence-corrected chi connectivity index (χ2v) is 4.77. The van der Waals surface area contributed by atoms with E-state index in [0.29, 0.717) is 5.75 Å². The van der Waals surface area contributed by atoms with E-state index in [4.69, 9.17) is 4.74 Å². The molecule has 3 rings (SSSR count). The molecule has 1 aliphatic carbocycles. The predicted octanol–water partition coefficient (Wildman–Crippen LogP) is 4.28. The molecule has 0 saturated heterocycles. The van der Waals surface area contributed by atoms with Crippen LogP contribution in [0.25, 0.3) is 0 Å². The number of hydrogen-bond acceptors (Lipinski definition) is 1. The largest absolute Gasteiger partial charge is 0.482 e. The van der Waals surface area contributed by atoms with Crippen molar-refractivity contribution in [3.8, 4) is 5.75 Å². The summed E-state index contributed by atoms with van der Waals surface area (Å²) in [5.41, 5.74) is 0.926. The summed E-state index contributed by atoms with van der Waals surface area (Å²) in [4.78, 5) is 0. The second-order valence-electron chi connectivity index (χ2n) is 4.77. The maximum Gasteiger partial charge on any atom is 0.134 e. The molecule has 0 amide bonds. The summed E-state index contributed by atoms with van der Waals surface area (Å²) in [7, 11) is 0. The summed E-state index contributed by atoms with van der Waals surface area (Å²) in [5, 5.41) is 0. The monoisotopic (exact) mass is 242 g/mol. The van der Waals surface area contributed by atoms with Crippen LogP contribution in [0.2, 0.25) is 0 Å². The van der Waals surface area contributed by atoms with Crippen molar-refractivity contribution < 1.29 is 9.13 Å². The topological polar surface area (TPSA) is 9.23 Å². The van der Waals surface area contributed by atoms with Gasteiger partial charge in [-0.05, 0) is 37.0 Å². The zero-order valence-electron chi connectivity index (χ0n) is 10.1. The zero-order chi connectivity index (χ0) is 12.4. The standard InChI is InChI=1S/C16H15FO/c17-14-8-4-9-15(12-14)18-16(10-5-11-16)13-6-2-1-3-7-13/h1-4,6-9,12H,5,10-11H2. The van der Waals surface area contributed by atoms with Crippen LogP contribution >= 0.6 is 0 Å². The number of ether oxygens (including phenoxy) is 1. The first kappa shape index (κ1) is 11.3. The number of benzene rings is 2. The highest BCUT2D eigenvalue weighted by atomic mass is 19.1. The average molecular weight is 242 g/mol. The minimum Gasteiger partial charge on any atom is -0.482 e. The molecular weight excluding hydrogens is 227 g/mol. The van der Waals surface area contributed by atoms with Gasteiger partial charge in [-0.15, -0.1) is 0 Å². The van der Waals surface area contributed by atoms with Gasteiger partial charge in [0.2, 0.25) is 0 Å². The number of rotatable bonds is 3. The van der Waals surface area contributed by atoms with Crippen LogP contribution in [-0.4, -0.2) is 0 Å². The lowest BCUT2D eigenvalue weighted by Gasteiger charge is -2.42. The summed E-state index contributed by atoms with van der Waals surface area (Å²) < 4.78 is 19.3. The molecule has 2 heteroatoms. The van der Waals surface area contributed by atoms with Crippen molar-refractivity contribution in [1.82, 2.24) is 0 Å². The predicted molar refractivity (Wildman–Crippen MR) is 69.0 cm³/mol. The number of halogens is 1. The third-order valence-electron chi connectivity index (χ3n) is 3.57. The maximum atomic E-state index is 13.2. The van der Waals surface area contributed by atoms with Gasteiger partial charge in [-0.1, -0.05) is 36.4 Å². The normalized spacial score (nSPS) is 16.9. The van der Waals surface area contributed by atoms with Crippen LogP contribution in [-0.2, 0) is 5.60 Å². The Morgan fingerprint density at radius 1 is 0.944 bits per heavy atom. The van der Waals surface area contributed by atoms with Crippen molar-refractivity contribution >= 4 is 0 Å². The molecule has 92 valence electrons. The van der Waals surface area contributed by atoms with Gasteiger partial charge in [0.1, 0.15) is 17.2 Å². The van der Waals surface area contributed by atoms with Crippen LogP contribution in [0, 0.1) is 5.82 Å². The quantitative estimate of drug-likeness (QED) is 0.780. The SMILES string of the molecule is Fc1cccc(OC2(c3ccccc3)CCC2)c1. The highest BCUT2D eigenvalue weighted by molar-refractivity contribution is 5.30. The molecule has 0 atom stereocenters. The molecule has 1 nitrogen and oxygen atoms in total. The molecule has 1 aliphatic rings. The molecule has 1 fully saturated rings. The van der Waals surface area contributed by atoms with Gasteiger partial charge in [-0.3, -0.25) is 0 Å². The fourth-order valence-corrected chi connectivity index (χ4v) is 2.45. The van der Waals surface area contributed by atoms with Crippen LogP contribution in [0.1, 0.15) is 24.8 Å². The van der Waals surface area contributed by atoms with Gasteiger partial charge in [0.15, 0.2) is 0 Å². The molecule has 0 radical (unpaired) electrons. The molecule has 0 aliphatic heterocycles. The molecule has 2 aromatic rings. The Kier molecular flexibility index (Phi) is 2.78. The highest BCUT2D eigenvalue weighted by Crippen LogP contribution is 2.45. The van der Waals surface area contributed by atoms with Gasteiger partial charge in [0.05, 0.1) is 0 Å². The van der Waals surface area contributed by atoms with E-state index in [-0.39, 0.29) is 11.4 Å². The summed E-state index contributed by atoms with van der Waals surface area (Å²) >= 11 is 0. The van der Waals surface area contributed by atoms with Crippen LogP contribution < -0.4 is 4.74 Å². The zero-order valence-corrected chi connectivity index (χ0v) is 10.1. The third kappa shape index (κ3) is 1.99. The van der Waals surface area contributed by atoms with E-state index in [1.54, 1.807) is 6.07 Å². The van der Waals surface area contributed by atoms with Crippen LogP contribution in [0.4, 0.5) is 4.39 Å². The Morgan fingerprint density at radius 3 is 2.33 bits per heavy atom. The second kappa shape index (κ2) is 4.45. The van der Waals surface area contributed by atoms with Gasteiger partial charge in [-0.25, -0.2) is 4.39 Å². The smallest absolute Gasteiger partial charge is 0.134 e. The van der Waals surface area contributed by atoms with Crippen molar-refractivity contribution in [1.29, 1.82) is 0 Å². The molecule has 2 aromatic carbocycles. The minimum absolute atomic E-state index is 0.255. The van der Waals surface area contributed by atoms with Crippen LogP contribution in [0.3, 0.4) is 0 Å². The molecule has 0 spiro atoms. The number of hydrogen-bond donors (Lipinski definition) is 0. The Balaban J connectivity index is 1.89. The average Bonchev–Trinajstić information content (AvgIpc) is 2.35. The molecule has 0 unspecified atom stereocenters. The summed E-state index contributed by atoms with van der Waals surface area (Å²) in [6, 6.07) is 16.6. The van der Waals surface area contributed by atoms with Gasteiger partial charge in [0, 0.05) is 6.07 Å². The van der Waals surface area contributed by atoms with E-state index in [2.05, 4.69) is 12.1 Å². The summed E-state index contributed by atoms with van der Waals surface area (Å²) in [5.74, 6) is 0.355. The molecule has 0 bridgehead atoms. The molecule has 0 N–H and O–H groups in total. The Labute approximate surface area is 106 Å². The molecule has 1 saturated carbocycles. The van der Waals surface area contributed by atoms with E-state index in [1.807, 2.05) is 24.3 Å². The van der Waals surface area contributed by atoms with Gasteiger partial charge in [0.25, 0.3) is 0 Å². The molecule has 18 heavy (non-hydrogen) atoms. The first-order chi connectivity index (χ1) is 8.78. The van der Waals surface area contributed by atoms with E-state index in [1.165, 1.54) is 17.7 Å². The Morgan fingerprint density at radius 2 is 1.72 bits per heavy atom. The summed E-state index contributed by atoms with van der Waals surface area (Å²) in [6.07, 6.45) is 3.14. The molecule has 0 heterocycles. The van der Waals surface area contributed by atoms with Crippen molar-refractivity contribution in [3.63, 3.8) is 0 Å². The van der Waals surface area contributed by atoms with E-state index >= 15 is 0 Å². The minimum atomic E-state index is -0.255. The highest BCUT2D eigenvalue weighted by Gasteiger charge is 2.41. The Hall–Kier alpha value is -1.83. The van der Waals surface area contributed by atoms with Crippen molar-refractivity contribution in [2.45, 2.75) is 24.9 Å². The summed E-state index contributed by atoms with van der Waals surface area (Å²) in [6.45, 7) is 0. The Bertz CT molecular complexity index is 532. The maximum absolute atomic E-state index is 13.2. The van der Waals surface area contributed by atoms with Gasteiger partial charge < -0.3 is 4.74 Å². The fourth-order valence-electron chi connectivity index (χ4n) is 2.45. The van der Waals surface area contributed by atoms with Gasteiger partial charge >= 0.3 is 0 Å². The van der Waals surface area contributed by atoms with E-state index < -0.39 is 0 Å². The van der Waals surface area contributed by atoms with Crippen LogP contribution in [0.15, 0.2) is 54.6 Å². The van der Waals surface area contributed by atoms with Gasteiger partial charge in [-0.2, -0.15) is 0 Å². The van der Waals surface area contributed by atoms with E-state index in [0.717, 1.165) is 19.3 Å². The fraction of sp³-hybridized carbons (Fsp3) is 0.250. The lowest BCUT2D eigenvalue weighted by molar-refractivity contribution is -0.0124. The lowest BCUT2D eigenvalue weighted by Crippen LogP contribution is -2.40. The molecule has 0 aromatic heterocycles.